The van der Waals surface area contributed by atoms with E-state index < -0.39 is 0 Å². The zero-order valence-electron chi connectivity index (χ0n) is 32.8. The minimum Gasteiger partial charge on any atom is -0.463 e. The van der Waals surface area contributed by atoms with Crippen LogP contribution >= 0.6 is 0 Å². The monoisotopic (exact) mass is 759 g/mol. The zero-order chi connectivity index (χ0) is 38.3. The first kappa shape index (κ1) is 45.3. The fourth-order valence-electron chi connectivity index (χ4n) is 5.93. The molecule has 0 heterocycles. The molecule has 2 aromatic rings. The van der Waals surface area contributed by atoms with Gasteiger partial charge in [-0.3, -0.25) is 4.79 Å². The Balaban J connectivity index is 0.989. The predicted octanol–water partition coefficient (Wildman–Crippen LogP) is 6.67. The third kappa shape index (κ3) is 19.5. The van der Waals surface area contributed by atoms with E-state index in [9.17, 15) is 9.59 Å². The summed E-state index contributed by atoms with van der Waals surface area (Å²) in [4.78, 5) is 25.9. The highest BCUT2D eigenvalue weighted by atomic mass is 16.6. The maximum atomic E-state index is 12.6. The van der Waals surface area contributed by atoms with Gasteiger partial charge in [0, 0.05) is 25.9 Å². The lowest BCUT2D eigenvalue weighted by molar-refractivity contribution is -0.145. The summed E-state index contributed by atoms with van der Waals surface area (Å²) in [7, 11) is 1.71. The number of benzene rings is 2. The summed E-state index contributed by atoms with van der Waals surface area (Å²) in [6.45, 7) is 9.57. The third-order valence-corrected chi connectivity index (χ3v) is 8.93. The SMILES string of the molecule is CCCCCCCCCC(=O)OCCOCCOCCOCCOCCOCCOCCOCCN(C)C(=O)OCC1c2ccccc2-c2ccccc21. The molecular weight excluding hydrogens is 694 g/mol. The van der Waals surface area contributed by atoms with Crippen molar-refractivity contribution in [1.82, 2.24) is 4.90 Å². The predicted molar refractivity (Wildman–Crippen MR) is 207 cm³/mol. The Morgan fingerprint density at radius 3 is 1.41 bits per heavy atom. The summed E-state index contributed by atoms with van der Waals surface area (Å²) >= 11 is 0. The molecule has 0 N–H and O–H groups in total. The zero-order valence-corrected chi connectivity index (χ0v) is 32.8. The highest BCUT2D eigenvalue weighted by Gasteiger charge is 2.29. The number of ether oxygens (including phenoxy) is 9. The van der Waals surface area contributed by atoms with Crippen LogP contribution in [0.25, 0.3) is 11.1 Å². The summed E-state index contributed by atoms with van der Waals surface area (Å²) in [5.41, 5.74) is 4.80. The number of carbonyl (C=O) groups excluding carboxylic acids is 2. The Morgan fingerprint density at radius 1 is 0.519 bits per heavy atom. The average molecular weight is 760 g/mol. The van der Waals surface area contributed by atoms with Crippen LogP contribution in [0.1, 0.15) is 75.3 Å². The minimum atomic E-state index is -0.365. The number of hydrogen-bond donors (Lipinski definition) is 0. The van der Waals surface area contributed by atoms with Crippen molar-refractivity contribution in [2.24, 2.45) is 0 Å². The van der Waals surface area contributed by atoms with Crippen molar-refractivity contribution in [1.29, 1.82) is 0 Å². The second-order valence-electron chi connectivity index (χ2n) is 13.1. The molecular formula is C42H65NO11. The molecule has 0 saturated carbocycles. The molecule has 0 aliphatic heterocycles. The molecule has 0 fully saturated rings. The number of fused-ring (bicyclic) bond motifs is 3. The Bertz CT molecular complexity index is 1220. The molecule has 0 atom stereocenters. The number of rotatable bonds is 34. The number of amides is 1. The molecule has 0 radical (unpaired) electrons. The summed E-state index contributed by atoms with van der Waals surface area (Å²) in [5.74, 6) is -0.107. The van der Waals surface area contributed by atoms with Crippen molar-refractivity contribution in [3.63, 3.8) is 0 Å². The molecule has 1 amide bonds. The van der Waals surface area contributed by atoms with Crippen LogP contribution in [0.4, 0.5) is 4.79 Å². The second-order valence-corrected chi connectivity index (χ2v) is 13.1. The molecule has 3 rings (SSSR count). The van der Waals surface area contributed by atoms with Crippen LogP contribution in [-0.4, -0.2) is 136 Å². The van der Waals surface area contributed by atoms with Gasteiger partial charge in [0.25, 0.3) is 0 Å². The summed E-state index contributed by atoms with van der Waals surface area (Å²) in [6.07, 6.45) is 8.40. The highest BCUT2D eigenvalue weighted by molar-refractivity contribution is 5.79. The summed E-state index contributed by atoms with van der Waals surface area (Å²) in [6, 6.07) is 16.6. The molecule has 0 spiro atoms. The normalized spacial score (nSPS) is 12.1. The average Bonchev–Trinajstić information content (AvgIpc) is 3.51. The smallest absolute Gasteiger partial charge is 0.409 e. The van der Waals surface area contributed by atoms with E-state index in [-0.39, 0.29) is 24.6 Å². The van der Waals surface area contributed by atoms with E-state index in [0.29, 0.717) is 112 Å². The lowest BCUT2D eigenvalue weighted by atomic mass is 9.98. The van der Waals surface area contributed by atoms with Crippen LogP contribution in [0.3, 0.4) is 0 Å². The lowest BCUT2D eigenvalue weighted by Crippen LogP contribution is -2.32. The molecule has 12 nitrogen and oxygen atoms in total. The van der Waals surface area contributed by atoms with Crippen molar-refractivity contribution in [3.05, 3.63) is 59.7 Å². The van der Waals surface area contributed by atoms with Gasteiger partial charge in [-0.2, -0.15) is 0 Å². The molecule has 0 saturated heterocycles. The first-order valence-electron chi connectivity index (χ1n) is 19.9. The fourth-order valence-corrected chi connectivity index (χ4v) is 5.93. The number of hydrogen-bond acceptors (Lipinski definition) is 11. The second kappa shape index (κ2) is 30.2. The van der Waals surface area contributed by atoms with Crippen molar-refractivity contribution in [2.45, 2.75) is 64.2 Å². The Kier molecular flexibility index (Phi) is 25.3. The van der Waals surface area contributed by atoms with Gasteiger partial charge in [0.1, 0.15) is 13.2 Å². The van der Waals surface area contributed by atoms with Gasteiger partial charge in [0.2, 0.25) is 0 Å². The number of likely N-dealkylation sites (N-methyl/N-ethyl adjacent to an activating group) is 1. The van der Waals surface area contributed by atoms with E-state index in [1.165, 1.54) is 59.3 Å². The summed E-state index contributed by atoms with van der Waals surface area (Å²) in [5, 5.41) is 0. The van der Waals surface area contributed by atoms with Crippen molar-refractivity contribution >= 4 is 12.1 Å². The maximum absolute atomic E-state index is 12.6. The highest BCUT2D eigenvalue weighted by Crippen LogP contribution is 2.44. The Labute approximate surface area is 323 Å². The molecule has 54 heavy (non-hydrogen) atoms. The Morgan fingerprint density at radius 2 is 0.926 bits per heavy atom. The quantitative estimate of drug-likeness (QED) is 0.0563. The van der Waals surface area contributed by atoms with Crippen LogP contribution in [0.2, 0.25) is 0 Å². The molecule has 0 aromatic heterocycles. The van der Waals surface area contributed by atoms with Gasteiger partial charge in [0.15, 0.2) is 0 Å². The molecule has 0 bridgehead atoms. The van der Waals surface area contributed by atoms with Crippen molar-refractivity contribution < 1.29 is 52.2 Å². The lowest BCUT2D eigenvalue weighted by Gasteiger charge is -2.19. The topological polar surface area (TPSA) is 120 Å². The van der Waals surface area contributed by atoms with Crippen LogP contribution in [-0.2, 0) is 47.4 Å². The van der Waals surface area contributed by atoms with Gasteiger partial charge in [-0.25, -0.2) is 4.79 Å². The molecule has 1 aliphatic carbocycles. The number of nitrogens with zero attached hydrogens (tertiary/aromatic N) is 1. The maximum Gasteiger partial charge on any atom is 0.409 e. The van der Waals surface area contributed by atoms with E-state index in [0.717, 1.165) is 12.8 Å². The van der Waals surface area contributed by atoms with Gasteiger partial charge in [-0.1, -0.05) is 94.0 Å². The van der Waals surface area contributed by atoms with Crippen LogP contribution in [0, 0.1) is 0 Å². The Hall–Kier alpha value is -3.10. The first-order chi connectivity index (χ1) is 26.6. The van der Waals surface area contributed by atoms with Crippen LogP contribution in [0.5, 0.6) is 0 Å². The van der Waals surface area contributed by atoms with Crippen molar-refractivity contribution in [2.75, 3.05) is 119 Å². The number of carbonyl (C=O) groups is 2. The van der Waals surface area contributed by atoms with E-state index in [4.69, 9.17) is 42.6 Å². The fraction of sp³-hybridized carbons (Fsp3) is 0.667. The largest absolute Gasteiger partial charge is 0.463 e. The van der Waals surface area contributed by atoms with E-state index in [2.05, 4.69) is 31.2 Å². The number of esters is 1. The van der Waals surface area contributed by atoms with Gasteiger partial charge in [-0.15, -0.1) is 0 Å². The van der Waals surface area contributed by atoms with Gasteiger partial charge in [-0.05, 0) is 28.7 Å². The van der Waals surface area contributed by atoms with Crippen LogP contribution in [0.15, 0.2) is 48.5 Å². The first-order valence-corrected chi connectivity index (χ1v) is 19.9. The third-order valence-electron chi connectivity index (χ3n) is 8.93. The molecule has 2 aromatic carbocycles. The van der Waals surface area contributed by atoms with E-state index in [1.807, 2.05) is 24.3 Å². The van der Waals surface area contributed by atoms with Gasteiger partial charge < -0.3 is 47.5 Å². The summed E-state index contributed by atoms with van der Waals surface area (Å²) < 4.78 is 49.5. The molecule has 304 valence electrons. The van der Waals surface area contributed by atoms with E-state index >= 15 is 0 Å². The standard InChI is InChI=1S/C42H65NO11/c1-3-4-5-6-7-8-9-18-41(44)53-34-33-52-32-31-51-30-29-50-28-27-49-26-25-48-24-23-47-22-21-46-20-19-43(2)42(45)54-35-40-38-16-12-10-14-36(38)37-15-11-13-17-39(37)40/h10-17,40H,3-9,18-35H2,1-2H3. The van der Waals surface area contributed by atoms with Gasteiger partial charge >= 0.3 is 12.1 Å². The minimum absolute atomic E-state index is 0.0379. The van der Waals surface area contributed by atoms with Crippen LogP contribution < -0.4 is 0 Å². The van der Waals surface area contributed by atoms with Crippen molar-refractivity contribution in [3.8, 4) is 11.1 Å². The molecule has 12 heteroatoms. The molecule has 0 unspecified atom stereocenters. The van der Waals surface area contributed by atoms with E-state index in [1.54, 1.807) is 7.05 Å². The molecule has 1 aliphatic rings. The van der Waals surface area contributed by atoms with Gasteiger partial charge in [0.05, 0.1) is 92.5 Å². The number of unbranched alkanes of at least 4 members (excludes halogenated alkanes) is 6.